The van der Waals surface area contributed by atoms with Crippen LogP contribution in [0.2, 0.25) is 0 Å². The number of unbranched alkanes of at least 4 members (excludes halogenated alkanes) is 2. The summed E-state index contributed by atoms with van der Waals surface area (Å²) in [6.07, 6.45) is 4.47. The van der Waals surface area contributed by atoms with Crippen LogP contribution in [0.5, 0.6) is 0 Å². The molecular weight excluding hydrogens is 887 g/mol. The van der Waals surface area contributed by atoms with Crippen LogP contribution in [0.25, 0.3) is 0 Å². The van der Waals surface area contributed by atoms with Gasteiger partial charge in [-0.3, -0.25) is 38.5 Å². The number of imide groups is 1. The average molecular weight is 968 g/mol. The first-order chi connectivity index (χ1) is 32.4. The highest BCUT2D eigenvalue weighted by atomic mass is 16.6. The minimum absolute atomic E-state index is 0.0483. The third-order valence-electron chi connectivity index (χ3n) is 13.0. The van der Waals surface area contributed by atoms with Crippen molar-refractivity contribution in [3.8, 4) is 0 Å². The van der Waals surface area contributed by atoms with E-state index in [1.807, 2.05) is 34.6 Å². The summed E-state index contributed by atoms with van der Waals surface area (Å²) in [4.78, 5) is 121. The number of primary amides is 1. The average Bonchev–Trinajstić information content (AvgIpc) is 3.61. The zero-order chi connectivity index (χ0) is 52.1. The molecule has 2 rings (SSSR count). The predicted octanol–water partition coefficient (Wildman–Crippen LogP) is 6.01. The molecule has 1 aliphatic heterocycles. The molecule has 386 valence electrons. The quantitative estimate of drug-likeness (QED) is 0.0496. The predicted molar refractivity (Wildman–Crippen MR) is 263 cm³/mol. The Labute approximate surface area is 409 Å². The minimum Gasteiger partial charge on any atom is -0.445 e. The molecule has 0 aromatic heterocycles. The summed E-state index contributed by atoms with van der Waals surface area (Å²) in [5.41, 5.74) is 6.24. The van der Waals surface area contributed by atoms with E-state index in [0.29, 0.717) is 36.9 Å². The number of hydrogen-bond acceptors (Lipinski definition) is 11. The summed E-state index contributed by atoms with van der Waals surface area (Å²) in [5, 5.41) is 8.17. The molecule has 1 aromatic carbocycles. The number of nitrogens with zero attached hydrogens (tertiary/aromatic N) is 3. The highest BCUT2D eigenvalue weighted by Gasteiger charge is 2.39. The Hall–Kier alpha value is -5.65. The second-order valence-electron chi connectivity index (χ2n) is 19.4. The van der Waals surface area contributed by atoms with Gasteiger partial charge in [-0.05, 0) is 74.0 Å². The first kappa shape index (κ1) is 59.5. The fraction of sp³-hybridized carbons (Fsp3) is 0.667. The van der Waals surface area contributed by atoms with Crippen molar-refractivity contribution in [2.45, 2.75) is 151 Å². The van der Waals surface area contributed by atoms with E-state index in [-0.39, 0.29) is 116 Å². The van der Waals surface area contributed by atoms with Crippen molar-refractivity contribution < 1.29 is 52.6 Å². The van der Waals surface area contributed by atoms with Crippen LogP contribution < -0.4 is 21.7 Å². The van der Waals surface area contributed by atoms with Gasteiger partial charge in [0.1, 0.15) is 6.61 Å². The van der Waals surface area contributed by atoms with Gasteiger partial charge in [-0.1, -0.05) is 80.4 Å². The number of nitrogens with one attached hydrogen (secondary N) is 3. The number of amides is 8. The van der Waals surface area contributed by atoms with Gasteiger partial charge in [0.2, 0.25) is 17.7 Å². The van der Waals surface area contributed by atoms with Gasteiger partial charge in [-0.2, -0.15) is 0 Å². The summed E-state index contributed by atoms with van der Waals surface area (Å²) in [7, 11) is 4.90. The molecular formula is C51H81N7O11. The van der Waals surface area contributed by atoms with Crippen LogP contribution >= 0.6 is 0 Å². The zero-order valence-electron chi connectivity index (χ0n) is 43.1. The number of likely N-dealkylation sites (N-methyl/N-ethyl adjacent to an activating group) is 2. The van der Waals surface area contributed by atoms with E-state index < -0.39 is 42.0 Å². The molecule has 1 aromatic rings. The lowest BCUT2D eigenvalue weighted by Gasteiger charge is -2.39. The number of methoxy groups -OCH3 is 1. The number of ether oxygens (including phenoxy) is 2. The van der Waals surface area contributed by atoms with Crippen molar-refractivity contribution in [2.75, 3.05) is 39.6 Å². The fourth-order valence-corrected chi connectivity index (χ4v) is 8.72. The van der Waals surface area contributed by atoms with E-state index >= 15 is 0 Å². The molecule has 69 heavy (non-hydrogen) atoms. The maximum absolute atomic E-state index is 14.0. The summed E-state index contributed by atoms with van der Waals surface area (Å²) in [6, 6.07) is 4.00. The summed E-state index contributed by atoms with van der Waals surface area (Å²) < 4.78 is 11.3. The molecule has 0 fully saturated rings. The van der Waals surface area contributed by atoms with E-state index in [2.05, 4.69) is 29.8 Å². The molecule has 5 N–H and O–H groups in total. The van der Waals surface area contributed by atoms with Crippen molar-refractivity contribution in [1.29, 1.82) is 0 Å². The third kappa shape index (κ3) is 19.0. The van der Waals surface area contributed by atoms with Gasteiger partial charge in [0.15, 0.2) is 11.6 Å². The maximum Gasteiger partial charge on any atom is 0.410 e. The number of rotatable bonds is 31. The first-order valence-corrected chi connectivity index (χ1v) is 24.5. The van der Waals surface area contributed by atoms with Crippen molar-refractivity contribution in [3.05, 3.63) is 42.0 Å². The van der Waals surface area contributed by atoms with Gasteiger partial charge in [0.05, 0.1) is 24.2 Å². The van der Waals surface area contributed by atoms with Crippen LogP contribution in [-0.4, -0.2) is 126 Å². The van der Waals surface area contributed by atoms with Crippen LogP contribution in [0.1, 0.15) is 126 Å². The number of nitrogens with two attached hydrogens (primary N) is 1. The SMILES string of the molecule is CC[C@H](C)[C@@H]([C@@H](C)OC)N(C)C(=O)[C@@H](CC(=O)[C@H](C(C)C)N(C)C(=O)OCc1ccc(NC(=O)[C@H](CCCNC(N)=O)CC(=O)[C@@H](NC(=O)CCCCCN2C(=O)C=CC2=O)C(C)C)cc1)C(C)C. The number of anilines is 1. The Bertz CT molecular complexity index is 1910. The number of benzene rings is 1. The van der Waals surface area contributed by atoms with Crippen molar-refractivity contribution in [2.24, 2.45) is 41.2 Å². The maximum atomic E-state index is 14.0. The Morgan fingerprint density at radius 2 is 1.39 bits per heavy atom. The molecule has 1 heterocycles. The molecule has 0 spiro atoms. The second kappa shape index (κ2) is 29.4. The Kier molecular flexibility index (Phi) is 25.3. The van der Waals surface area contributed by atoms with Crippen LogP contribution in [0.4, 0.5) is 15.3 Å². The molecule has 1 aliphatic rings. The van der Waals surface area contributed by atoms with E-state index in [4.69, 9.17) is 15.2 Å². The molecule has 8 amide bonds. The smallest absolute Gasteiger partial charge is 0.410 e. The van der Waals surface area contributed by atoms with E-state index in [1.54, 1.807) is 57.2 Å². The number of hydrogen-bond donors (Lipinski definition) is 4. The standard InChI is InChI=1S/C51H81N7O11/c1-13-34(8)47(35(9)68-12)56(10)49(65)39(31(2)3)29-41(60)46(33(6)7)57(11)51(67)69-30-36-20-22-38(23-21-36)54-48(64)37(18-17-26-53-50(52)66)28-40(59)45(32(4)5)55-42(61)19-15-14-16-27-58-43(62)24-25-44(58)63/h20-25,31-35,37,39,45-47H,13-19,26-30H2,1-12H3,(H,54,64)(H,55,61)(H3,52,53,66)/t34-,35+,37+,39-,45-,46-,47-/m0/s1. The Morgan fingerprint density at radius 1 is 0.768 bits per heavy atom. The Balaban J connectivity index is 2.07. The number of ketones is 2. The lowest BCUT2D eigenvalue weighted by atomic mass is 9.84. The van der Waals surface area contributed by atoms with Crippen LogP contribution in [-0.2, 0) is 49.6 Å². The molecule has 0 radical (unpaired) electrons. The molecule has 0 unspecified atom stereocenters. The zero-order valence-corrected chi connectivity index (χ0v) is 43.1. The number of Topliss-reactive ketones (excluding diaryl/α,β-unsaturated/α-hetero) is 2. The van der Waals surface area contributed by atoms with E-state index in [0.717, 1.165) is 11.3 Å². The van der Waals surface area contributed by atoms with Crippen LogP contribution in [0, 0.1) is 35.5 Å². The monoisotopic (exact) mass is 968 g/mol. The number of urea groups is 1. The molecule has 0 aliphatic carbocycles. The minimum atomic E-state index is -0.858. The summed E-state index contributed by atoms with van der Waals surface area (Å²) in [6.45, 7) is 17.5. The normalized spacial score (nSPS) is 15.6. The molecule has 0 saturated carbocycles. The second-order valence-corrected chi connectivity index (χ2v) is 19.4. The van der Waals surface area contributed by atoms with Gasteiger partial charge in [-0.15, -0.1) is 0 Å². The van der Waals surface area contributed by atoms with Gasteiger partial charge >= 0.3 is 12.1 Å². The fourth-order valence-electron chi connectivity index (χ4n) is 8.72. The third-order valence-corrected chi connectivity index (χ3v) is 13.0. The highest BCUT2D eigenvalue weighted by molar-refractivity contribution is 6.12. The van der Waals surface area contributed by atoms with Gasteiger partial charge < -0.3 is 41.0 Å². The van der Waals surface area contributed by atoms with Gasteiger partial charge in [0, 0.05) is 83.2 Å². The summed E-state index contributed by atoms with van der Waals surface area (Å²) >= 11 is 0. The summed E-state index contributed by atoms with van der Waals surface area (Å²) in [5.74, 6) is -4.16. The molecule has 18 heteroatoms. The van der Waals surface area contributed by atoms with Gasteiger partial charge in [0.25, 0.3) is 11.8 Å². The highest BCUT2D eigenvalue weighted by Crippen LogP contribution is 2.27. The van der Waals surface area contributed by atoms with Crippen molar-refractivity contribution in [1.82, 2.24) is 25.3 Å². The largest absolute Gasteiger partial charge is 0.445 e. The molecule has 0 bridgehead atoms. The topological polar surface area (TPSA) is 244 Å². The molecule has 7 atom stereocenters. The van der Waals surface area contributed by atoms with Crippen LogP contribution in [0.3, 0.4) is 0 Å². The van der Waals surface area contributed by atoms with Crippen molar-refractivity contribution in [3.63, 3.8) is 0 Å². The Morgan fingerprint density at radius 3 is 1.93 bits per heavy atom. The van der Waals surface area contributed by atoms with Gasteiger partial charge in [-0.25, -0.2) is 9.59 Å². The lowest BCUT2D eigenvalue weighted by molar-refractivity contribution is -0.145. The molecule has 0 saturated heterocycles. The van der Waals surface area contributed by atoms with Crippen molar-refractivity contribution >= 4 is 58.9 Å². The number of carbonyl (C=O) groups excluding carboxylic acids is 9. The number of carbonyl (C=O) groups is 9. The lowest BCUT2D eigenvalue weighted by Crippen LogP contribution is -2.52. The molecule has 18 nitrogen and oxygen atoms in total. The van der Waals surface area contributed by atoms with Crippen LogP contribution in [0.15, 0.2) is 36.4 Å². The van der Waals surface area contributed by atoms with E-state index in [1.165, 1.54) is 24.1 Å². The first-order valence-electron chi connectivity index (χ1n) is 24.5. The van der Waals surface area contributed by atoms with E-state index in [9.17, 15) is 43.2 Å².